The molecule has 0 amide bonds. The number of hydrogen-bond donors (Lipinski definition) is 1. The van der Waals surface area contributed by atoms with Crippen LogP contribution in [0.2, 0.25) is 0 Å². The van der Waals surface area contributed by atoms with E-state index in [0.29, 0.717) is 0 Å². The van der Waals surface area contributed by atoms with E-state index < -0.39 is 17.0 Å². The fourth-order valence-corrected chi connectivity index (χ4v) is 2.56. The molecule has 0 radical (unpaired) electrons. The Kier molecular flexibility index (Phi) is 2.48. The van der Waals surface area contributed by atoms with Gasteiger partial charge in [-0.1, -0.05) is 12.1 Å². The number of rotatable bonds is 1. The molecule has 5 heteroatoms. The van der Waals surface area contributed by atoms with Crippen LogP contribution in [0.3, 0.4) is 0 Å². The summed E-state index contributed by atoms with van der Waals surface area (Å²) in [5, 5.41) is 7.90. The second-order valence-electron chi connectivity index (χ2n) is 3.19. The Balaban J connectivity index is 2.46. The number of carbonyl (C=O) groups is 2. The van der Waals surface area contributed by atoms with E-state index >= 15 is 0 Å². The van der Waals surface area contributed by atoms with Crippen LogP contribution in [-0.4, -0.2) is 22.1 Å². The second-order valence-corrected chi connectivity index (χ2v) is 4.40. The summed E-state index contributed by atoms with van der Waals surface area (Å²) in [5.41, 5.74) is 0.289. The van der Waals surface area contributed by atoms with Crippen LogP contribution in [-0.2, 0) is 4.79 Å². The molecule has 0 unspecified atom stereocenters. The number of ketones is 1. The molecule has 78 valence electrons. The predicted molar refractivity (Wildman–Crippen MR) is 52.6 cm³/mol. The summed E-state index contributed by atoms with van der Waals surface area (Å²) in [4.78, 5) is 22.4. The van der Waals surface area contributed by atoms with Gasteiger partial charge >= 0.3 is 5.97 Å². The zero-order valence-corrected chi connectivity index (χ0v) is 8.38. The molecule has 0 aromatic heterocycles. The van der Waals surface area contributed by atoms with E-state index in [0.717, 1.165) is 11.8 Å². The highest BCUT2D eigenvalue weighted by atomic mass is 32.2. The number of Topliss-reactive ketones (excluding diaryl/α,β-unsaturated/α-hetero) is 1. The molecule has 1 aliphatic heterocycles. The van der Waals surface area contributed by atoms with Crippen molar-refractivity contribution in [1.29, 1.82) is 0 Å². The van der Waals surface area contributed by atoms with Crippen LogP contribution in [0.4, 0.5) is 4.39 Å². The van der Waals surface area contributed by atoms with E-state index in [2.05, 4.69) is 0 Å². The molecule has 1 heterocycles. The average molecular weight is 226 g/mol. The zero-order chi connectivity index (χ0) is 11.0. The van der Waals surface area contributed by atoms with E-state index in [1.807, 2.05) is 0 Å². The van der Waals surface area contributed by atoms with Crippen LogP contribution in [0.1, 0.15) is 16.8 Å². The Morgan fingerprint density at radius 3 is 2.93 bits per heavy atom. The molecule has 1 aromatic rings. The number of aliphatic carboxylic acids is 1. The van der Waals surface area contributed by atoms with Gasteiger partial charge in [0.05, 0.1) is 4.90 Å². The third kappa shape index (κ3) is 1.74. The maximum Gasteiger partial charge on any atom is 0.317 e. The van der Waals surface area contributed by atoms with Gasteiger partial charge in [0.2, 0.25) is 0 Å². The number of carbonyl (C=O) groups excluding carboxylic acids is 1. The molecule has 2 rings (SSSR count). The van der Waals surface area contributed by atoms with Crippen molar-refractivity contribution in [2.24, 2.45) is 0 Å². The van der Waals surface area contributed by atoms with Crippen LogP contribution in [0.15, 0.2) is 23.1 Å². The van der Waals surface area contributed by atoms with Crippen LogP contribution >= 0.6 is 11.8 Å². The predicted octanol–water partition coefficient (Wildman–Crippen LogP) is 1.96. The molecule has 0 saturated heterocycles. The molecule has 1 aromatic carbocycles. The number of carboxylic acid groups (broad SMARTS) is 1. The quantitative estimate of drug-likeness (QED) is 0.795. The number of halogens is 1. The minimum atomic E-state index is -1.08. The van der Waals surface area contributed by atoms with E-state index in [-0.39, 0.29) is 22.7 Å². The largest absolute Gasteiger partial charge is 0.480 e. The normalized spacial score (nSPS) is 19.8. The topological polar surface area (TPSA) is 54.4 Å². The monoisotopic (exact) mass is 226 g/mol. The fraction of sp³-hybridized carbons (Fsp3) is 0.200. The molecular formula is C10H7FO3S. The minimum Gasteiger partial charge on any atom is -0.480 e. The highest BCUT2D eigenvalue weighted by molar-refractivity contribution is 8.00. The van der Waals surface area contributed by atoms with E-state index in [1.165, 1.54) is 18.2 Å². The first kappa shape index (κ1) is 10.2. The number of carboxylic acids is 1. The van der Waals surface area contributed by atoms with Crippen molar-refractivity contribution in [2.45, 2.75) is 16.6 Å². The second kappa shape index (κ2) is 3.66. The lowest BCUT2D eigenvalue weighted by Gasteiger charge is -2.19. The molecule has 1 aliphatic rings. The van der Waals surface area contributed by atoms with Gasteiger partial charge in [0.1, 0.15) is 11.1 Å². The van der Waals surface area contributed by atoms with Crippen molar-refractivity contribution in [1.82, 2.24) is 0 Å². The molecular weight excluding hydrogens is 219 g/mol. The Labute approximate surface area is 89.3 Å². The van der Waals surface area contributed by atoms with Gasteiger partial charge in [0.25, 0.3) is 0 Å². The van der Waals surface area contributed by atoms with Crippen LogP contribution in [0.5, 0.6) is 0 Å². The van der Waals surface area contributed by atoms with Crippen molar-refractivity contribution in [3.63, 3.8) is 0 Å². The number of benzene rings is 1. The standard InChI is InChI=1S/C10H7FO3S/c11-6-3-1-2-5-7(12)4-8(10(13)14)15-9(5)6/h1-3,8H,4H2,(H,13,14)/t8-/m0/s1. The maximum atomic E-state index is 13.3. The molecule has 15 heavy (non-hydrogen) atoms. The summed E-state index contributed by atoms with van der Waals surface area (Å²) >= 11 is 0.900. The van der Waals surface area contributed by atoms with Gasteiger partial charge < -0.3 is 5.11 Å². The molecule has 1 atom stereocenters. The van der Waals surface area contributed by atoms with Crippen molar-refractivity contribution in [3.05, 3.63) is 29.6 Å². The summed E-state index contributed by atoms with van der Waals surface area (Å²) in [6, 6.07) is 4.20. The lowest BCUT2D eigenvalue weighted by Crippen LogP contribution is -2.25. The van der Waals surface area contributed by atoms with Crippen LogP contribution in [0.25, 0.3) is 0 Å². The van der Waals surface area contributed by atoms with Gasteiger partial charge in [-0.2, -0.15) is 0 Å². The van der Waals surface area contributed by atoms with Crippen molar-refractivity contribution in [3.8, 4) is 0 Å². The van der Waals surface area contributed by atoms with E-state index in [1.54, 1.807) is 0 Å². The molecule has 0 bridgehead atoms. The number of thioether (sulfide) groups is 1. The van der Waals surface area contributed by atoms with Crippen LogP contribution < -0.4 is 0 Å². The van der Waals surface area contributed by atoms with Gasteiger partial charge in [-0.05, 0) is 6.07 Å². The molecule has 1 N–H and O–H groups in total. The summed E-state index contributed by atoms with van der Waals surface area (Å²) < 4.78 is 13.3. The summed E-state index contributed by atoms with van der Waals surface area (Å²) in [6.45, 7) is 0. The third-order valence-electron chi connectivity index (χ3n) is 2.17. The van der Waals surface area contributed by atoms with Crippen molar-refractivity contribution >= 4 is 23.5 Å². The van der Waals surface area contributed by atoms with Gasteiger partial charge in [-0.15, -0.1) is 11.8 Å². The van der Waals surface area contributed by atoms with Crippen molar-refractivity contribution in [2.75, 3.05) is 0 Å². The SMILES string of the molecule is O=C1C[C@@H](C(=O)O)Sc2c(F)cccc21. The Morgan fingerprint density at radius 1 is 1.53 bits per heavy atom. The number of fused-ring (bicyclic) bond motifs is 1. The maximum absolute atomic E-state index is 13.3. The molecule has 3 nitrogen and oxygen atoms in total. The summed E-state index contributed by atoms with van der Waals surface area (Å²) in [6.07, 6.45) is -0.0730. The zero-order valence-electron chi connectivity index (χ0n) is 7.57. The van der Waals surface area contributed by atoms with Gasteiger partial charge in [-0.3, -0.25) is 9.59 Å². The van der Waals surface area contributed by atoms with Crippen LogP contribution in [0, 0.1) is 5.82 Å². The Bertz CT molecular complexity index is 444. The lowest BCUT2D eigenvalue weighted by atomic mass is 10.1. The summed E-state index contributed by atoms with van der Waals surface area (Å²) in [5.74, 6) is -1.92. The first-order valence-corrected chi connectivity index (χ1v) is 5.18. The lowest BCUT2D eigenvalue weighted by molar-refractivity contribution is -0.136. The molecule has 0 fully saturated rings. The fourth-order valence-electron chi connectivity index (χ4n) is 1.45. The molecule has 0 saturated carbocycles. The highest BCUT2D eigenvalue weighted by Crippen LogP contribution is 2.36. The summed E-state index contributed by atoms with van der Waals surface area (Å²) in [7, 11) is 0. The smallest absolute Gasteiger partial charge is 0.317 e. The third-order valence-corrected chi connectivity index (χ3v) is 3.48. The average Bonchev–Trinajstić information content (AvgIpc) is 2.19. The first-order valence-electron chi connectivity index (χ1n) is 4.31. The van der Waals surface area contributed by atoms with Gasteiger partial charge in [-0.25, -0.2) is 4.39 Å². The van der Waals surface area contributed by atoms with Gasteiger partial charge in [0.15, 0.2) is 5.78 Å². The molecule has 0 spiro atoms. The Hall–Kier alpha value is -1.36. The minimum absolute atomic E-state index is 0.0730. The van der Waals surface area contributed by atoms with E-state index in [9.17, 15) is 14.0 Å². The number of hydrogen-bond acceptors (Lipinski definition) is 3. The van der Waals surface area contributed by atoms with E-state index in [4.69, 9.17) is 5.11 Å². The van der Waals surface area contributed by atoms with Crippen molar-refractivity contribution < 1.29 is 19.1 Å². The first-order chi connectivity index (χ1) is 7.09. The highest BCUT2D eigenvalue weighted by Gasteiger charge is 2.31. The molecule has 0 aliphatic carbocycles. The Morgan fingerprint density at radius 2 is 2.27 bits per heavy atom. The van der Waals surface area contributed by atoms with Gasteiger partial charge in [0, 0.05) is 12.0 Å².